The van der Waals surface area contributed by atoms with Crippen LogP contribution in [-0.2, 0) is 4.79 Å². The van der Waals surface area contributed by atoms with Crippen LogP contribution in [0.25, 0.3) is 16.2 Å². The van der Waals surface area contributed by atoms with Gasteiger partial charge in [0.1, 0.15) is 0 Å². The lowest BCUT2D eigenvalue weighted by Crippen LogP contribution is -2.32. The molecule has 0 spiro atoms. The van der Waals surface area contributed by atoms with E-state index < -0.39 is 0 Å². The van der Waals surface area contributed by atoms with Crippen LogP contribution in [0.4, 0.5) is 5.13 Å². The highest BCUT2D eigenvalue weighted by atomic mass is 35.5. The zero-order valence-corrected chi connectivity index (χ0v) is 17.7. The van der Waals surface area contributed by atoms with Crippen molar-refractivity contribution in [3.05, 3.63) is 71.4 Å². The Hall–Kier alpha value is -2.90. The fraction of sp³-hybridized carbons (Fsp3) is 0.227. The minimum atomic E-state index is -0.0279. The molecule has 0 saturated carbocycles. The fourth-order valence-corrected chi connectivity index (χ4v) is 4.66. The van der Waals surface area contributed by atoms with Gasteiger partial charge in [-0.25, -0.2) is 9.50 Å². The number of amides is 1. The Morgan fingerprint density at radius 1 is 1.13 bits per heavy atom. The number of hydrogen-bond donors (Lipinski definition) is 1. The highest BCUT2D eigenvalue weighted by molar-refractivity contribution is 7.20. The minimum Gasteiger partial charge on any atom is -0.351 e. The lowest BCUT2D eigenvalue weighted by Gasteiger charge is -2.24. The van der Waals surface area contributed by atoms with Crippen molar-refractivity contribution in [2.75, 3.05) is 18.4 Å². The summed E-state index contributed by atoms with van der Waals surface area (Å²) in [4.78, 5) is 19.6. The molecule has 1 unspecified atom stereocenters. The van der Waals surface area contributed by atoms with Gasteiger partial charge in [0.2, 0.25) is 16.0 Å². The van der Waals surface area contributed by atoms with Crippen molar-refractivity contribution in [3.8, 4) is 11.3 Å². The van der Waals surface area contributed by atoms with Crippen molar-refractivity contribution in [1.82, 2.24) is 19.5 Å². The lowest BCUT2D eigenvalue weighted by molar-refractivity contribution is -0.127. The molecule has 2 aromatic heterocycles. The third kappa shape index (κ3) is 3.91. The molecule has 30 heavy (non-hydrogen) atoms. The molecule has 1 N–H and O–H groups in total. The third-order valence-electron chi connectivity index (χ3n) is 5.26. The van der Waals surface area contributed by atoms with Gasteiger partial charge in [-0.15, -0.1) is 5.10 Å². The van der Waals surface area contributed by atoms with Crippen molar-refractivity contribution in [2.24, 2.45) is 0 Å². The van der Waals surface area contributed by atoms with Crippen LogP contribution in [0.3, 0.4) is 0 Å². The molecule has 1 aliphatic heterocycles. The standard InChI is InChI=1S/C22H20ClN5OS/c23-17-10-8-16(9-11-17)19-14-28-22(25-19)30-21(26-28)24-18(15-5-2-1-3-6-15)13-27-12-4-7-20(27)29/h1-3,5-6,8-11,14,18H,4,7,12-13H2,(H,24,26). The average Bonchev–Trinajstić information content (AvgIpc) is 3.44. The van der Waals surface area contributed by atoms with Gasteiger partial charge in [-0.1, -0.05) is 65.4 Å². The monoisotopic (exact) mass is 437 g/mol. The van der Waals surface area contributed by atoms with Crippen LogP contribution in [-0.4, -0.2) is 38.5 Å². The molecule has 152 valence electrons. The van der Waals surface area contributed by atoms with E-state index in [4.69, 9.17) is 16.6 Å². The number of nitrogens with zero attached hydrogens (tertiary/aromatic N) is 4. The first-order valence-corrected chi connectivity index (χ1v) is 11.1. The van der Waals surface area contributed by atoms with Crippen LogP contribution in [0.1, 0.15) is 24.4 Å². The maximum atomic E-state index is 12.1. The van der Waals surface area contributed by atoms with E-state index in [1.54, 1.807) is 4.52 Å². The number of carbonyl (C=O) groups is 1. The molecule has 1 aliphatic rings. The zero-order chi connectivity index (χ0) is 20.5. The molecule has 3 heterocycles. The quantitative estimate of drug-likeness (QED) is 0.466. The highest BCUT2D eigenvalue weighted by Crippen LogP contribution is 2.28. The summed E-state index contributed by atoms with van der Waals surface area (Å²) < 4.78 is 1.79. The van der Waals surface area contributed by atoms with Gasteiger partial charge in [-0.3, -0.25) is 4.79 Å². The summed E-state index contributed by atoms with van der Waals surface area (Å²) in [6.45, 7) is 1.44. The molecular formula is C22H20ClN5OS. The van der Waals surface area contributed by atoms with Gasteiger partial charge in [0.25, 0.3) is 0 Å². The second-order valence-corrected chi connectivity index (χ2v) is 8.71. The molecule has 1 saturated heterocycles. The van der Waals surface area contributed by atoms with E-state index in [9.17, 15) is 4.79 Å². The Labute approximate surface area is 183 Å². The molecule has 1 amide bonds. The number of aromatic nitrogens is 3. The van der Waals surface area contributed by atoms with Crippen LogP contribution < -0.4 is 5.32 Å². The minimum absolute atomic E-state index is 0.0279. The summed E-state index contributed by atoms with van der Waals surface area (Å²) >= 11 is 7.48. The number of likely N-dealkylation sites (tertiary alicyclic amines) is 1. The Morgan fingerprint density at radius 2 is 1.93 bits per heavy atom. The van der Waals surface area contributed by atoms with Crippen molar-refractivity contribution in [2.45, 2.75) is 18.9 Å². The summed E-state index contributed by atoms with van der Waals surface area (Å²) in [6, 6.07) is 17.8. The first kappa shape index (κ1) is 19.1. The fourth-order valence-electron chi connectivity index (χ4n) is 3.70. The molecule has 0 bridgehead atoms. The average molecular weight is 438 g/mol. The van der Waals surface area contributed by atoms with Gasteiger partial charge in [-0.2, -0.15) is 0 Å². The van der Waals surface area contributed by atoms with E-state index >= 15 is 0 Å². The van der Waals surface area contributed by atoms with Crippen molar-refractivity contribution < 1.29 is 4.79 Å². The van der Waals surface area contributed by atoms with Crippen LogP contribution in [0.15, 0.2) is 60.8 Å². The van der Waals surface area contributed by atoms with E-state index in [1.165, 1.54) is 11.3 Å². The number of halogens is 1. The third-order valence-corrected chi connectivity index (χ3v) is 6.36. The first-order chi connectivity index (χ1) is 14.7. The zero-order valence-electron chi connectivity index (χ0n) is 16.2. The molecule has 6 nitrogen and oxygen atoms in total. The van der Waals surface area contributed by atoms with Gasteiger partial charge in [0.05, 0.1) is 17.9 Å². The molecular weight excluding hydrogens is 418 g/mol. The molecule has 5 rings (SSSR count). The van der Waals surface area contributed by atoms with Gasteiger partial charge < -0.3 is 10.2 Å². The largest absolute Gasteiger partial charge is 0.351 e. The molecule has 4 aromatic rings. The molecule has 1 atom stereocenters. The van der Waals surface area contributed by atoms with Gasteiger partial charge in [0.15, 0.2) is 0 Å². The number of anilines is 1. The number of carbonyl (C=O) groups excluding carboxylic acids is 1. The smallest absolute Gasteiger partial charge is 0.222 e. The molecule has 0 aliphatic carbocycles. The normalized spacial score (nSPS) is 15.1. The summed E-state index contributed by atoms with van der Waals surface area (Å²) in [5.41, 5.74) is 2.99. The number of benzene rings is 2. The van der Waals surface area contributed by atoms with Crippen LogP contribution in [0.2, 0.25) is 5.02 Å². The summed E-state index contributed by atoms with van der Waals surface area (Å²) in [7, 11) is 0. The predicted octanol–water partition coefficient (Wildman–Crippen LogP) is 4.89. The van der Waals surface area contributed by atoms with Gasteiger partial charge in [0, 0.05) is 30.1 Å². The Balaban J connectivity index is 1.39. The van der Waals surface area contributed by atoms with E-state index in [0.717, 1.165) is 39.9 Å². The second kappa shape index (κ2) is 8.08. The maximum absolute atomic E-state index is 12.1. The number of fused-ring (bicyclic) bond motifs is 1. The summed E-state index contributed by atoms with van der Waals surface area (Å²) in [6.07, 6.45) is 3.49. The Bertz CT molecular complexity index is 1140. The van der Waals surface area contributed by atoms with Gasteiger partial charge in [-0.05, 0) is 24.1 Å². The van der Waals surface area contributed by atoms with Crippen molar-refractivity contribution in [3.63, 3.8) is 0 Å². The van der Waals surface area contributed by atoms with Crippen LogP contribution in [0.5, 0.6) is 0 Å². The Kier molecular flexibility index (Phi) is 5.14. The highest BCUT2D eigenvalue weighted by Gasteiger charge is 2.25. The SMILES string of the molecule is O=C1CCCN1CC(Nc1nn2cc(-c3ccc(Cl)cc3)nc2s1)c1ccccc1. The van der Waals surface area contributed by atoms with Crippen LogP contribution >= 0.6 is 22.9 Å². The van der Waals surface area contributed by atoms with Crippen LogP contribution in [0, 0.1) is 0 Å². The van der Waals surface area contributed by atoms with E-state index in [-0.39, 0.29) is 11.9 Å². The molecule has 0 radical (unpaired) electrons. The molecule has 8 heteroatoms. The Morgan fingerprint density at radius 3 is 2.63 bits per heavy atom. The number of hydrogen-bond acceptors (Lipinski definition) is 5. The summed E-state index contributed by atoms with van der Waals surface area (Å²) in [5, 5.41) is 9.67. The number of nitrogens with one attached hydrogen (secondary N) is 1. The first-order valence-electron chi connectivity index (χ1n) is 9.87. The predicted molar refractivity (Wildman–Crippen MR) is 120 cm³/mol. The van der Waals surface area contributed by atoms with Crippen molar-refractivity contribution in [1.29, 1.82) is 0 Å². The van der Waals surface area contributed by atoms with E-state index in [1.807, 2.05) is 53.6 Å². The topological polar surface area (TPSA) is 62.5 Å². The maximum Gasteiger partial charge on any atom is 0.222 e. The lowest BCUT2D eigenvalue weighted by atomic mass is 10.1. The number of imidazole rings is 1. The molecule has 2 aromatic carbocycles. The van der Waals surface area contributed by atoms with Gasteiger partial charge >= 0.3 is 0 Å². The second-order valence-electron chi connectivity index (χ2n) is 7.32. The molecule has 1 fully saturated rings. The summed E-state index contributed by atoms with van der Waals surface area (Å²) in [5.74, 6) is 0.222. The van der Waals surface area contributed by atoms with E-state index in [2.05, 4.69) is 22.5 Å². The van der Waals surface area contributed by atoms with Crippen molar-refractivity contribution >= 4 is 38.9 Å². The number of rotatable bonds is 6. The van der Waals surface area contributed by atoms with E-state index in [0.29, 0.717) is 18.0 Å².